The summed E-state index contributed by atoms with van der Waals surface area (Å²) in [5.41, 5.74) is -1.51. The molecule has 0 saturated carbocycles. The van der Waals surface area contributed by atoms with E-state index in [-0.39, 0.29) is 28.2 Å². The van der Waals surface area contributed by atoms with Crippen molar-refractivity contribution in [3.05, 3.63) is 94.9 Å². The van der Waals surface area contributed by atoms with Crippen LogP contribution in [0.1, 0.15) is 70.9 Å². The Kier molecular flexibility index (Phi) is 12.4. The molecule has 0 aliphatic rings. The van der Waals surface area contributed by atoms with E-state index in [0.29, 0.717) is 18.0 Å². The molecule has 2 amide bonds. The number of sulfone groups is 2. The van der Waals surface area contributed by atoms with Crippen LogP contribution in [-0.4, -0.2) is 48.3 Å². The van der Waals surface area contributed by atoms with Gasteiger partial charge in [0, 0.05) is 17.7 Å². The Hall–Kier alpha value is -5.73. The Bertz CT molecular complexity index is 2430. The van der Waals surface area contributed by atoms with Crippen molar-refractivity contribution in [2.75, 3.05) is 10.6 Å². The number of halogens is 5. The van der Waals surface area contributed by atoms with Crippen LogP contribution in [0.25, 0.3) is 0 Å². The average molecular weight is 809 g/mol. The van der Waals surface area contributed by atoms with Gasteiger partial charge in [-0.15, -0.1) is 0 Å². The fourth-order valence-electron chi connectivity index (χ4n) is 4.23. The Labute approximate surface area is 313 Å². The second-order valence-electron chi connectivity index (χ2n) is 13.7. The van der Waals surface area contributed by atoms with Gasteiger partial charge < -0.3 is 15.2 Å². The summed E-state index contributed by atoms with van der Waals surface area (Å²) in [5, 5.41) is 25.7. The fraction of sp³-hybridized carbons (Fsp3) is 0.314. The predicted molar refractivity (Wildman–Crippen MR) is 186 cm³/mol. The molecule has 55 heavy (non-hydrogen) atoms. The summed E-state index contributed by atoms with van der Waals surface area (Å²) in [6.07, 6.45) is -4.14. The number of hydrogen-bond donors (Lipinski definition) is 2. The minimum atomic E-state index is -4.62. The number of amides is 2. The number of anilines is 2. The first-order valence-electron chi connectivity index (χ1n) is 15.6. The topological polar surface area (TPSA) is 213 Å². The Morgan fingerprint density at radius 3 is 1.45 bits per heavy atom. The lowest BCUT2D eigenvalue weighted by molar-refractivity contribution is -0.137. The summed E-state index contributed by atoms with van der Waals surface area (Å²) in [4.78, 5) is 27.0. The summed E-state index contributed by atoms with van der Waals surface area (Å²) >= 11 is 0. The number of nitriles is 2. The van der Waals surface area contributed by atoms with Crippen LogP contribution in [0.4, 0.5) is 33.6 Å². The van der Waals surface area contributed by atoms with E-state index in [1.54, 1.807) is 12.1 Å². The summed E-state index contributed by atoms with van der Waals surface area (Å²) in [6.45, 7) is 10.0. The summed E-state index contributed by atoms with van der Waals surface area (Å²) in [7, 11) is -8.94. The minimum Gasteiger partial charge on any atom is -0.359 e. The number of nitrogens with zero attached hydrogens (tertiary/aromatic N) is 4. The quantitative estimate of drug-likeness (QED) is 0.184. The zero-order chi connectivity index (χ0) is 41.9. The lowest BCUT2D eigenvalue weighted by Gasteiger charge is -2.24. The Balaban J connectivity index is 0.000000296. The molecule has 4 rings (SSSR count). The summed E-state index contributed by atoms with van der Waals surface area (Å²) in [5.74, 6) is -4.03. The van der Waals surface area contributed by atoms with Gasteiger partial charge in [-0.25, -0.2) is 30.6 Å². The third-order valence-corrected chi connectivity index (χ3v) is 12.8. The highest BCUT2D eigenvalue weighted by atomic mass is 32.2. The molecule has 0 spiro atoms. The maximum absolute atomic E-state index is 14.2. The number of alkyl halides is 3. The van der Waals surface area contributed by atoms with E-state index >= 15 is 0 Å². The van der Waals surface area contributed by atoms with Crippen LogP contribution < -0.4 is 10.6 Å². The molecule has 0 unspecified atom stereocenters. The highest BCUT2D eigenvalue weighted by Crippen LogP contribution is 2.32. The Morgan fingerprint density at radius 1 is 0.691 bits per heavy atom. The smallest absolute Gasteiger partial charge is 0.359 e. The van der Waals surface area contributed by atoms with Crippen LogP contribution in [0.5, 0.6) is 0 Å². The van der Waals surface area contributed by atoms with Gasteiger partial charge >= 0.3 is 6.18 Å². The van der Waals surface area contributed by atoms with Crippen molar-refractivity contribution in [3.63, 3.8) is 0 Å². The number of carbonyl (C=O) groups excluding carboxylic acids is 2. The number of rotatable bonds is 8. The van der Waals surface area contributed by atoms with Gasteiger partial charge in [-0.3, -0.25) is 9.59 Å². The van der Waals surface area contributed by atoms with Gasteiger partial charge in [0.2, 0.25) is 11.8 Å². The van der Waals surface area contributed by atoms with E-state index in [0.717, 1.165) is 50.2 Å². The molecule has 0 radical (unpaired) electrons. The molecule has 4 aromatic rings. The number of aromatic nitrogens is 2. The van der Waals surface area contributed by atoms with E-state index in [1.807, 2.05) is 20.8 Å². The fourth-order valence-corrected chi connectivity index (χ4v) is 7.04. The molecule has 0 fully saturated rings. The summed E-state index contributed by atoms with van der Waals surface area (Å²) < 4.78 is 118. The third-order valence-electron chi connectivity index (χ3n) is 7.96. The first-order valence-corrected chi connectivity index (χ1v) is 18.6. The minimum absolute atomic E-state index is 0.0222. The highest BCUT2D eigenvalue weighted by Gasteiger charge is 2.46. The third kappa shape index (κ3) is 9.33. The molecule has 0 atom stereocenters. The zero-order valence-corrected chi connectivity index (χ0v) is 31.8. The van der Waals surface area contributed by atoms with Crippen molar-refractivity contribution < 1.29 is 52.9 Å². The largest absolute Gasteiger partial charge is 0.417 e. The molecule has 0 bridgehead atoms. The number of carbonyl (C=O) groups is 2. The number of pyridine rings is 1. The molecule has 2 aromatic heterocycles. The second kappa shape index (κ2) is 15.6. The van der Waals surface area contributed by atoms with Crippen molar-refractivity contribution in [2.45, 2.75) is 79.3 Å². The van der Waals surface area contributed by atoms with E-state index in [1.165, 1.54) is 26.0 Å². The van der Waals surface area contributed by atoms with Crippen LogP contribution in [0.15, 0.2) is 75.1 Å². The maximum Gasteiger partial charge on any atom is 0.417 e. The second-order valence-corrected chi connectivity index (χ2v) is 18.6. The monoisotopic (exact) mass is 808 g/mol. The first-order chi connectivity index (χ1) is 25.1. The molecule has 13 nitrogen and oxygen atoms in total. The lowest BCUT2D eigenvalue weighted by Crippen LogP contribution is -2.44. The van der Waals surface area contributed by atoms with Gasteiger partial charge in [-0.1, -0.05) is 25.9 Å². The molecule has 2 N–H and O–H groups in total. The molecule has 0 aliphatic carbocycles. The van der Waals surface area contributed by atoms with Crippen LogP contribution in [0, 0.1) is 34.3 Å². The molecule has 0 aliphatic heterocycles. The van der Waals surface area contributed by atoms with E-state index in [4.69, 9.17) is 15.0 Å². The van der Waals surface area contributed by atoms with Crippen molar-refractivity contribution in [1.29, 1.82) is 10.5 Å². The maximum atomic E-state index is 14.2. The molecular weight excluding hydrogens is 776 g/mol. The van der Waals surface area contributed by atoms with Crippen molar-refractivity contribution in [1.82, 2.24) is 10.1 Å². The van der Waals surface area contributed by atoms with Crippen molar-refractivity contribution >= 4 is 43.1 Å². The van der Waals surface area contributed by atoms with Crippen molar-refractivity contribution in [3.8, 4) is 12.1 Å². The van der Waals surface area contributed by atoms with E-state index in [9.17, 15) is 48.4 Å². The Morgan fingerprint density at radius 2 is 1.13 bits per heavy atom. The van der Waals surface area contributed by atoms with Gasteiger partial charge in [-0.05, 0) is 76.2 Å². The average Bonchev–Trinajstić information content (AvgIpc) is 3.57. The van der Waals surface area contributed by atoms with Crippen LogP contribution in [0.3, 0.4) is 0 Å². The normalized spacial score (nSPS) is 12.4. The van der Waals surface area contributed by atoms with Gasteiger partial charge in [0.25, 0.3) is 0 Å². The molecule has 2 aromatic carbocycles. The predicted octanol–water partition coefficient (Wildman–Crippen LogP) is 6.48. The van der Waals surface area contributed by atoms with Gasteiger partial charge in [0.05, 0.1) is 28.8 Å². The number of hydrogen-bond acceptors (Lipinski definition) is 11. The van der Waals surface area contributed by atoms with E-state index < -0.39 is 74.1 Å². The molecule has 2 heterocycles. The number of benzene rings is 2. The zero-order valence-electron chi connectivity index (χ0n) is 30.1. The first kappa shape index (κ1) is 43.7. The molecule has 20 heteroatoms. The van der Waals surface area contributed by atoms with Crippen LogP contribution in [-0.2, 0) is 40.9 Å². The highest BCUT2D eigenvalue weighted by molar-refractivity contribution is 7.94. The van der Waals surface area contributed by atoms with Crippen molar-refractivity contribution in [2.24, 2.45) is 0 Å². The van der Waals surface area contributed by atoms with Crippen LogP contribution in [0.2, 0.25) is 0 Å². The SMILES string of the molecule is CC(C)(C(=O)Nc1ccc(C(F)(F)F)cn1)S(=O)(=O)c1ccc(C#N)cc1F.CC(C)(C)c1cc(NC(=O)C(C)(C)S(=O)(=O)c2ccc(C#N)cc2F)no1. The standard InChI is InChI=1S/C18H20FN3O4S.C17H13F4N3O3S/c1-17(2,3)14-9-15(22-26-14)21-16(23)18(4,5)27(24,25)13-7-6-11(10-20)8-12(13)19;1-16(2,28(26,27)13-5-3-10(8-22)7-12(13)18)15(25)24-14-6-4-11(9-23-14)17(19,20)21/h6-9H,1-5H3,(H,21,22,23);3-7,9H,1-2H3,(H,23,24,25). The molecule has 292 valence electrons. The van der Waals surface area contributed by atoms with Gasteiger partial charge in [0.1, 0.15) is 42.5 Å². The van der Waals surface area contributed by atoms with Crippen LogP contribution >= 0.6 is 0 Å². The van der Waals surface area contributed by atoms with Gasteiger partial charge in [0.15, 0.2) is 25.5 Å². The lowest BCUT2D eigenvalue weighted by atomic mass is 9.93. The molecular formula is C35H33F5N6O7S2. The molecule has 0 saturated heterocycles. The van der Waals surface area contributed by atoms with E-state index in [2.05, 4.69) is 20.8 Å². The number of nitrogens with one attached hydrogen (secondary N) is 2. The van der Waals surface area contributed by atoms with Gasteiger partial charge in [-0.2, -0.15) is 23.7 Å². The summed E-state index contributed by atoms with van der Waals surface area (Å²) in [6, 6.07) is 12.1.